The zero-order chi connectivity index (χ0) is 17.2. The molecule has 24 heavy (non-hydrogen) atoms. The highest BCUT2D eigenvalue weighted by Crippen LogP contribution is 2.28. The van der Waals surface area contributed by atoms with E-state index in [2.05, 4.69) is 15.3 Å². The molecule has 0 saturated carbocycles. The third kappa shape index (κ3) is 3.58. The minimum Gasteiger partial charge on any atom is -0.378 e. The molecule has 0 N–H and O–H groups in total. The van der Waals surface area contributed by atoms with Crippen LogP contribution in [0.3, 0.4) is 0 Å². The maximum absolute atomic E-state index is 12.9. The highest BCUT2D eigenvalue weighted by Gasteiger charge is 2.37. The first-order valence-corrected chi connectivity index (χ1v) is 7.67. The average molecular weight is 347 g/mol. The van der Waals surface area contributed by atoms with Crippen LogP contribution in [0.25, 0.3) is 5.65 Å². The summed E-state index contributed by atoms with van der Waals surface area (Å²) < 4.78 is 56.7. The van der Waals surface area contributed by atoms with E-state index >= 15 is 0 Å². The third-order valence-corrected chi connectivity index (χ3v) is 4.02. The molecule has 2 aromatic rings. The number of nitrogens with zero attached hydrogens (tertiary/aromatic N) is 5. The van der Waals surface area contributed by atoms with Crippen LogP contribution in [0.5, 0.6) is 0 Å². The van der Waals surface area contributed by atoms with Crippen LogP contribution in [0.4, 0.5) is 23.4 Å². The summed E-state index contributed by atoms with van der Waals surface area (Å²) in [6.45, 7) is 1.43. The number of anilines is 1. The van der Waals surface area contributed by atoms with Crippen molar-refractivity contribution in [1.82, 2.24) is 19.8 Å². The summed E-state index contributed by atoms with van der Waals surface area (Å²) in [5.74, 6) is -0.345. The second kappa shape index (κ2) is 6.88. The Morgan fingerprint density at radius 1 is 1.17 bits per heavy atom. The number of halogens is 4. The highest BCUT2D eigenvalue weighted by atomic mass is 19.4. The Bertz CT molecular complexity index is 681. The molecular weight excluding hydrogens is 330 g/mol. The summed E-state index contributed by atoms with van der Waals surface area (Å²) in [6, 6.07) is 3.12. The van der Waals surface area contributed by atoms with Crippen molar-refractivity contribution in [1.29, 1.82) is 0 Å². The van der Waals surface area contributed by atoms with Gasteiger partial charge in [-0.05, 0) is 30.9 Å². The molecule has 0 spiro atoms. The number of alkyl halides is 4. The highest BCUT2D eigenvalue weighted by molar-refractivity contribution is 5.46. The van der Waals surface area contributed by atoms with Crippen LogP contribution in [0, 0.1) is 5.92 Å². The molecule has 3 heterocycles. The van der Waals surface area contributed by atoms with Gasteiger partial charge in [0.05, 0.1) is 6.61 Å². The van der Waals surface area contributed by atoms with E-state index in [0.717, 1.165) is 17.4 Å². The molecule has 0 radical (unpaired) electrons. The number of hydrogen-bond acceptors (Lipinski definition) is 5. The van der Waals surface area contributed by atoms with Crippen LogP contribution in [-0.4, -0.2) is 52.8 Å². The lowest BCUT2D eigenvalue weighted by Crippen LogP contribution is -2.36. The Kier molecular flexibility index (Phi) is 4.83. The van der Waals surface area contributed by atoms with E-state index in [1.165, 1.54) is 6.07 Å². The molecule has 1 aliphatic rings. The predicted octanol–water partition coefficient (Wildman–Crippen LogP) is 2.35. The smallest absolute Gasteiger partial charge is 0.378 e. The summed E-state index contributed by atoms with van der Waals surface area (Å²) >= 11 is 0. The van der Waals surface area contributed by atoms with E-state index in [0.29, 0.717) is 31.4 Å². The van der Waals surface area contributed by atoms with Crippen molar-refractivity contribution >= 4 is 11.5 Å². The number of ether oxygens (including phenoxy) is 1. The molecule has 0 unspecified atom stereocenters. The fraction of sp³-hybridized carbons (Fsp3) is 0.643. The molecule has 0 amide bonds. The minimum absolute atomic E-state index is 0.0561. The monoisotopic (exact) mass is 347 g/mol. The van der Waals surface area contributed by atoms with E-state index in [1.807, 2.05) is 4.90 Å². The second-order valence-corrected chi connectivity index (χ2v) is 5.68. The third-order valence-electron chi connectivity index (χ3n) is 4.02. The lowest BCUT2D eigenvalue weighted by molar-refractivity contribution is -0.146. The van der Waals surface area contributed by atoms with Crippen LogP contribution >= 0.6 is 0 Å². The first-order chi connectivity index (χ1) is 11.5. The maximum atomic E-state index is 12.9. The molecule has 0 atom stereocenters. The van der Waals surface area contributed by atoms with E-state index in [4.69, 9.17) is 4.74 Å². The fourth-order valence-corrected chi connectivity index (χ4v) is 2.76. The maximum Gasteiger partial charge on any atom is 0.453 e. The fourth-order valence-electron chi connectivity index (χ4n) is 2.76. The summed E-state index contributed by atoms with van der Waals surface area (Å²) in [5.41, 5.74) is 0.0561. The van der Waals surface area contributed by atoms with Crippen molar-refractivity contribution in [2.24, 2.45) is 5.92 Å². The molecule has 0 aliphatic carbocycles. The van der Waals surface area contributed by atoms with Gasteiger partial charge in [0.25, 0.3) is 5.82 Å². The Morgan fingerprint density at radius 3 is 2.58 bits per heavy atom. The Labute approximate surface area is 135 Å². The van der Waals surface area contributed by atoms with Crippen LogP contribution in [-0.2, 0) is 10.9 Å². The molecular formula is C14H17F4N5O. The van der Waals surface area contributed by atoms with Gasteiger partial charge in [-0.2, -0.15) is 17.7 Å². The van der Waals surface area contributed by atoms with Gasteiger partial charge in [0.15, 0.2) is 5.65 Å². The summed E-state index contributed by atoms with van der Waals surface area (Å²) in [7, 11) is 0. The summed E-state index contributed by atoms with van der Waals surface area (Å²) in [4.78, 5) is 1.92. The van der Waals surface area contributed by atoms with E-state index < -0.39 is 18.7 Å². The van der Waals surface area contributed by atoms with Crippen molar-refractivity contribution in [3.63, 3.8) is 0 Å². The summed E-state index contributed by atoms with van der Waals surface area (Å²) in [6.07, 6.45) is -2.97. The van der Waals surface area contributed by atoms with Gasteiger partial charge < -0.3 is 9.64 Å². The van der Waals surface area contributed by atoms with Gasteiger partial charge in [-0.25, -0.2) is 4.39 Å². The average Bonchev–Trinajstić information content (AvgIpc) is 2.99. The van der Waals surface area contributed by atoms with Gasteiger partial charge in [-0.15, -0.1) is 15.3 Å². The molecule has 1 fully saturated rings. The van der Waals surface area contributed by atoms with Crippen molar-refractivity contribution < 1.29 is 22.3 Å². The van der Waals surface area contributed by atoms with Gasteiger partial charge in [-0.3, -0.25) is 0 Å². The number of hydrogen-bond donors (Lipinski definition) is 0. The molecule has 132 valence electrons. The lowest BCUT2D eigenvalue weighted by atomic mass is 9.98. The zero-order valence-electron chi connectivity index (χ0n) is 12.8. The van der Waals surface area contributed by atoms with Crippen molar-refractivity contribution in [2.45, 2.75) is 19.0 Å². The number of fused-ring (bicyclic) bond motifs is 1. The molecule has 10 heteroatoms. The normalized spacial score (nSPS) is 16.9. The molecule has 1 saturated heterocycles. The van der Waals surface area contributed by atoms with Gasteiger partial charge in [0.1, 0.15) is 12.5 Å². The molecule has 3 rings (SSSR count). The van der Waals surface area contributed by atoms with Crippen LogP contribution < -0.4 is 4.90 Å². The van der Waals surface area contributed by atoms with E-state index in [9.17, 15) is 17.6 Å². The van der Waals surface area contributed by atoms with Gasteiger partial charge >= 0.3 is 6.18 Å². The molecule has 0 aromatic carbocycles. The zero-order valence-corrected chi connectivity index (χ0v) is 12.8. The molecule has 0 bridgehead atoms. The van der Waals surface area contributed by atoms with Gasteiger partial charge in [0.2, 0.25) is 0 Å². The van der Waals surface area contributed by atoms with Crippen molar-refractivity contribution in [2.75, 3.05) is 37.9 Å². The Morgan fingerprint density at radius 2 is 1.92 bits per heavy atom. The standard InChI is InChI=1S/C14H17F4N5O/c15-5-8-24-9-10-3-6-22(7-4-10)12-2-1-11-19-20-13(14(16,17)18)23(11)21-12/h1-2,10H,3-9H2. The van der Waals surface area contributed by atoms with Gasteiger partial charge in [-0.1, -0.05) is 0 Å². The minimum atomic E-state index is -4.61. The molecule has 1 aliphatic heterocycles. The van der Waals surface area contributed by atoms with E-state index in [-0.39, 0.29) is 12.3 Å². The van der Waals surface area contributed by atoms with Crippen LogP contribution in [0.1, 0.15) is 18.7 Å². The quantitative estimate of drug-likeness (QED) is 0.614. The van der Waals surface area contributed by atoms with Crippen molar-refractivity contribution in [3.8, 4) is 0 Å². The predicted molar refractivity (Wildman–Crippen MR) is 77.5 cm³/mol. The molecule has 6 nitrogen and oxygen atoms in total. The summed E-state index contributed by atoms with van der Waals surface area (Å²) in [5, 5.41) is 10.7. The van der Waals surface area contributed by atoms with Crippen LogP contribution in [0.2, 0.25) is 0 Å². The van der Waals surface area contributed by atoms with E-state index in [1.54, 1.807) is 6.07 Å². The first kappa shape index (κ1) is 16.9. The number of piperidine rings is 1. The van der Waals surface area contributed by atoms with Crippen molar-refractivity contribution in [3.05, 3.63) is 18.0 Å². The first-order valence-electron chi connectivity index (χ1n) is 7.67. The number of rotatable bonds is 5. The number of aromatic nitrogens is 4. The Hall–Kier alpha value is -1.97. The Balaban J connectivity index is 1.70. The van der Waals surface area contributed by atoms with Crippen LogP contribution in [0.15, 0.2) is 12.1 Å². The molecule has 2 aromatic heterocycles. The van der Waals surface area contributed by atoms with Gasteiger partial charge in [0, 0.05) is 19.7 Å². The second-order valence-electron chi connectivity index (χ2n) is 5.68. The SMILES string of the molecule is FCCOCC1CCN(c2ccc3nnc(C(F)(F)F)n3n2)CC1. The topological polar surface area (TPSA) is 55.5 Å². The largest absolute Gasteiger partial charge is 0.453 e. The lowest BCUT2D eigenvalue weighted by Gasteiger charge is -2.32.